The lowest BCUT2D eigenvalue weighted by Gasteiger charge is -2.24. The molecule has 1 amide bonds. The smallest absolute Gasteiger partial charge is 0.341 e. The minimum Gasteiger partial charge on any atom is -0.495 e. The molecule has 1 aromatic carbocycles. The van der Waals surface area contributed by atoms with E-state index in [1.54, 1.807) is 29.0 Å². The molecule has 0 spiro atoms. The summed E-state index contributed by atoms with van der Waals surface area (Å²) < 4.78 is 11.8. The number of rotatable bonds is 5. The molecular weight excluding hydrogens is 376 g/mol. The quantitative estimate of drug-likeness (QED) is 0.639. The van der Waals surface area contributed by atoms with Crippen molar-refractivity contribution in [1.82, 2.24) is 14.8 Å². The van der Waals surface area contributed by atoms with Crippen LogP contribution in [0.1, 0.15) is 29.6 Å². The van der Waals surface area contributed by atoms with Crippen LogP contribution < -0.4 is 15.6 Å². The summed E-state index contributed by atoms with van der Waals surface area (Å²) >= 11 is 0. The van der Waals surface area contributed by atoms with Crippen LogP contribution in [0.5, 0.6) is 5.75 Å². The van der Waals surface area contributed by atoms with Crippen molar-refractivity contribution < 1.29 is 19.1 Å². The summed E-state index contributed by atoms with van der Waals surface area (Å²) in [6.07, 6.45) is 5.94. The second kappa shape index (κ2) is 7.42. The normalized spacial score (nSPS) is 13.7. The van der Waals surface area contributed by atoms with Crippen LogP contribution in [0.4, 0.5) is 5.69 Å². The maximum Gasteiger partial charge on any atom is 0.341 e. The minimum absolute atomic E-state index is 0.0206. The first-order chi connectivity index (χ1) is 14.0. The van der Waals surface area contributed by atoms with Gasteiger partial charge in [0.1, 0.15) is 17.0 Å². The number of amides is 1. The van der Waals surface area contributed by atoms with E-state index in [1.165, 1.54) is 20.4 Å². The molecule has 1 fully saturated rings. The molecule has 0 bridgehead atoms. The Morgan fingerprint density at radius 1 is 1.24 bits per heavy atom. The predicted octanol–water partition coefficient (Wildman–Crippen LogP) is 2.20. The third kappa shape index (κ3) is 3.35. The van der Waals surface area contributed by atoms with Gasteiger partial charge in [0.25, 0.3) is 5.56 Å². The molecule has 2 aliphatic heterocycles. The van der Waals surface area contributed by atoms with E-state index in [-0.39, 0.29) is 28.6 Å². The zero-order chi connectivity index (χ0) is 20.5. The highest BCUT2D eigenvalue weighted by atomic mass is 16.5. The number of benzene rings is 1. The van der Waals surface area contributed by atoms with E-state index >= 15 is 0 Å². The van der Waals surface area contributed by atoms with E-state index in [9.17, 15) is 14.4 Å². The van der Waals surface area contributed by atoms with E-state index in [0.717, 1.165) is 19.3 Å². The topological polar surface area (TPSA) is 115 Å². The van der Waals surface area contributed by atoms with Crippen molar-refractivity contribution in [2.24, 2.45) is 5.92 Å². The van der Waals surface area contributed by atoms with E-state index < -0.39 is 11.5 Å². The Morgan fingerprint density at radius 2 is 2.03 bits per heavy atom. The molecule has 0 aromatic heterocycles. The van der Waals surface area contributed by atoms with Gasteiger partial charge in [-0.05, 0) is 31.0 Å². The highest BCUT2D eigenvalue weighted by molar-refractivity contribution is 5.96. The van der Waals surface area contributed by atoms with Crippen molar-refractivity contribution in [3.8, 4) is 22.7 Å². The lowest BCUT2D eigenvalue weighted by molar-refractivity contribution is -0.122. The zero-order valence-corrected chi connectivity index (χ0v) is 16.0. The monoisotopic (exact) mass is 396 g/mol. The molecule has 0 radical (unpaired) electrons. The number of H-pyrrole nitrogens is 1. The van der Waals surface area contributed by atoms with Gasteiger partial charge in [-0.1, -0.05) is 6.42 Å². The van der Waals surface area contributed by atoms with Gasteiger partial charge in [0.05, 0.1) is 25.5 Å². The fourth-order valence-electron chi connectivity index (χ4n) is 3.30. The van der Waals surface area contributed by atoms with E-state index in [1.807, 2.05) is 0 Å². The molecule has 0 unspecified atom stereocenters. The molecule has 0 saturated heterocycles. The maximum absolute atomic E-state index is 12.4. The van der Waals surface area contributed by atoms with Crippen LogP contribution in [0, 0.1) is 5.92 Å². The van der Waals surface area contributed by atoms with Crippen LogP contribution in [0.15, 0.2) is 35.4 Å². The summed E-state index contributed by atoms with van der Waals surface area (Å²) in [5, 5.41) is 9.18. The Bertz CT molecular complexity index is 1110. The Balaban J connectivity index is 1.79. The summed E-state index contributed by atoms with van der Waals surface area (Å²) in [5.74, 6) is -0.113. The van der Waals surface area contributed by atoms with Gasteiger partial charge in [-0.2, -0.15) is 5.10 Å². The third-order valence-corrected chi connectivity index (χ3v) is 5.18. The molecule has 1 aliphatic carbocycles. The number of carbonyl (C=O) groups is 2. The number of hydrogen-bond donors (Lipinski definition) is 2. The number of nitrogens with zero attached hydrogens (tertiary/aromatic N) is 2. The van der Waals surface area contributed by atoms with Gasteiger partial charge < -0.3 is 19.4 Å². The van der Waals surface area contributed by atoms with Gasteiger partial charge in [0.2, 0.25) is 5.91 Å². The molecular formula is C20H20N4O5. The number of aromatic amines is 1. The van der Waals surface area contributed by atoms with Gasteiger partial charge in [-0.3, -0.25) is 9.59 Å². The van der Waals surface area contributed by atoms with Crippen LogP contribution in [0.25, 0.3) is 16.9 Å². The van der Waals surface area contributed by atoms with Crippen molar-refractivity contribution in [2.75, 3.05) is 19.5 Å². The van der Waals surface area contributed by atoms with Gasteiger partial charge in [-0.25, -0.2) is 9.89 Å². The molecule has 3 aliphatic rings. The van der Waals surface area contributed by atoms with Crippen molar-refractivity contribution in [3.05, 3.63) is 46.5 Å². The number of nitrogens with one attached hydrogen (secondary N) is 2. The van der Waals surface area contributed by atoms with E-state index in [2.05, 4.69) is 15.5 Å². The standard InChI is InChI=1S/C20H20N4O5/c1-28-16-7-6-12(8-15(16)21-18(25)11-4-3-5-11)24-9-13-17(22-23-19(13)26)14(10-24)20(27)29-2/h6-11H,3-5H2,1-2H3,(H,21,25)(H,23,26). The molecule has 29 heavy (non-hydrogen) atoms. The summed E-state index contributed by atoms with van der Waals surface area (Å²) in [6, 6.07) is 5.20. The van der Waals surface area contributed by atoms with Crippen LogP contribution in [0.2, 0.25) is 0 Å². The first-order valence-electron chi connectivity index (χ1n) is 9.19. The average Bonchev–Trinajstić information content (AvgIpc) is 3.06. The molecule has 9 heteroatoms. The van der Waals surface area contributed by atoms with Gasteiger partial charge in [-0.15, -0.1) is 0 Å². The average molecular weight is 396 g/mol. The number of carbonyl (C=O) groups excluding carboxylic acids is 2. The molecule has 4 rings (SSSR count). The van der Waals surface area contributed by atoms with Crippen molar-refractivity contribution in [1.29, 1.82) is 0 Å². The molecule has 0 atom stereocenters. The Hall–Kier alpha value is -3.62. The van der Waals surface area contributed by atoms with Gasteiger partial charge in [0, 0.05) is 24.0 Å². The summed E-state index contributed by atoms with van der Waals surface area (Å²) in [5.41, 5.74) is 1.38. The SMILES string of the molecule is COC(=O)c1cn(-c2ccc(OC)c(NC(=O)C3CCC3)c2)cc2c(=O)[nH]nc1-2. The van der Waals surface area contributed by atoms with Crippen molar-refractivity contribution >= 4 is 17.6 Å². The number of ether oxygens (including phenoxy) is 2. The number of pyridine rings is 1. The van der Waals surface area contributed by atoms with Crippen molar-refractivity contribution in [2.45, 2.75) is 19.3 Å². The second-order valence-electron chi connectivity index (χ2n) is 6.89. The summed E-state index contributed by atoms with van der Waals surface area (Å²) in [6.45, 7) is 0. The Kier molecular flexibility index (Phi) is 4.79. The Labute approximate surface area is 166 Å². The fourth-order valence-corrected chi connectivity index (χ4v) is 3.30. The number of methoxy groups -OCH3 is 2. The number of aromatic nitrogens is 3. The summed E-state index contributed by atoms with van der Waals surface area (Å²) in [7, 11) is 2.79. The highest BCUT2D eigenvalue weighted by Crippen LogP contribution is 2.32. The van der Waals surface area contributed by atoms with Crippen molar-refractivity contribution in [3.63, 3.8) is 0 Å². The molecule has 1 aromatic rings. The predicted molar refractivity (Wildman–Crippen MR) is 105 cm³/mol. The maximum atomic E-state index is 12.4. The molecule has 9 nitrogen and oxygen atoms in total. The largest absolute Gasteiger partial charge is 0.495 e. The number of hydrogen-bond acceptors (Lipinski definition) is 6. The zero-order valence-electron chi connectivity index (χ0n) is 16.0. The summed E-state index contributed by atoms with van der Waals surface area (Å²) in [4.78, 5) is 36.7. The number of fused-ring (bicyclic) bond motifs is 1. The first kappa shape index (κ1) is 18.7. The Morgan fingerprint density at radius 3 is 2.69 bits per heavy atom. The first-order valence-corrected chi connectivity index (χ1v) is 9.19. The van der Waals surface area contributed by atoms with Crippen LogP contribution in [-0.2, 0) is 9.53 Å². The van der Waals surface area contributed by atoms with Crippen LogP contribution in [-0.4, -0.2) is 40.9 Å². The molecule has 150 valence electrons. The van der Waals surface area contributed by atoms with Crippen LogP contribution >= 0.6 is 0 Å². The molecule has 2 heterocycles. The number of esters is 1. The lowest BCUT2D eigenvalue weighted by Crippen LogP contribution is -2.28. The number of anilines is 1. The van der Waals surface area contributed by atoms with E-state index in [0.29, 0.717) is 17.1 Å². The van der Waals surface area contributed by atoms with Gasteiger partial charge in [0.15, 0.2) is 0 Å². The van der Waals surface area contributed by atoms with Gasteiger partial charge >= 0.3 is 5.97 Å². The van der Waals surface area contributed by atoms with Crippen LogP contribution in [0.3, 0.4) is 0 Å². The lowest BCUT2D eigenvalue weighted by atomic mass is 9.85. The highest BCUT2D eigenvalue weighted by Gasteiger charge is 2.26. The minimum atomic E-state index is -0.608. The molecule has 2 N–H and O–H groups in total. The van der Waals surface area contributed by atoms with E-state index in [4.69, 9.17) is 9.47 Å². The molecule has 1 saturated carbocycles. The second-order valence-corrected chi connectivity index (χ2v) is 6.89. The fraction of sp³-hybridized carbons (Fsp3) is 0.300. The third-order valence-electron chi connectivity index (χ3n) is 5.18.